The number of alkyl carbamates (subject to hydrolysis) is 1. The van der Waals surface area contributed by atoms with Gasteiger partial charge in [0.15, 0.2) is 5.69 Å². The lowest BCUT2D eigenvalue weighted by atomic mass is 9.95. The molecule has 0 saturated heterocycles. The zero-order valence-electron chi connectivity index (χ0n) is 19.5. The molecule has 1 aliphatic rings. The minimum absolute atomic E-state index is 0.0627. The van der Waals surface area contributed by atoms with E-state index in [0.717, 1.165) is 33.6 Å². The summed E-state index contributed by atoms with van der Waals surface area (Å²) in [5, 5.41) is 16.4. The van der Waals surface area contributed by atoms with Crippen LogP contribution in [0, 0.1) is 0 Å². The summed E-state index contributed by atoms with van der Waals surface area (Å²) in [5.41, 5.74) is 3.25. The lowest BCUT2D eigenvalue weighted by Gasteiger charge is -2.29. The van der Waals surface area contributed by atoms with E-state index in [0.29, 0.717) is 17.8 Å². The Hall–Kier alpha value is -3.72. The van der Waals surface area contributed by atoms with E-state index < -0.39 is 17.6 Å². The zero-order valence-corrected chi connectivity index (χ0v) is 20.4. The number of ether oxygens (including phenoxy) is 1. The lowest BCUT2D eigenvalue weighted by molar-refractivity contribution is -0.127. The zero-order chi connectivity index (χ0) is 25.0. The largest absolute Gasteiger partial charge is 0.476 e. The Bertz CT molecular complexity index is 1210. The molecule has 1 aromatic heterocycles. The highest BCUT2D eigenvalue weighted by Gasteiger charge is 2.35. The van der Waals surface area contributed by atoms with Crippen LogP contribution >= 0.6 is 11.3 Å². The predicted octanol–water partition coefficient (Wildman–Crippen LogP) is 4.56. The number of nitrogens with one attached hydrogen (secondary N) is 2. The van der Waals surface area contributed by atoms with E-state index in [1.54, 1.807) is 6.92 Å². The van der Waals surface area contributed by atoms with Gasteiger partial charge in [-0.2, -0.15) is 0 Å². The van der Waals surface area contributed by atoms with Crippen molar-refractivity contribution in [2.75, 3.05) is 6.61 Å². The number of hydrogen-bond donors (Lipinski definition) is 3. The van der Waals surface area contributed by atoms with E-state index in [4.69, 9.17) is 9.84 Å². The summed E-state index contributed by atoms with van der Waals surface area (Å²) in [6.07, 6.45) is 0.398. The van der Waals surface area contributed by atoms with Gasteiger partial charge in [-0.25, -0.2) is 14.6 Å². The number of amides is 2. The van der Waals surface area contributed by atoms with Gasteiger partial charge in [0, 0.05) is 11.3 Å². The van der Waals surface area contributed by atoms with Crippen LogP contribution in [0.5, 0.6) is 0 Å². The first kappa shape index (κ1) is 24.4. The van der Waals surface area contributed by atoms with Crippen molar-refractivity contribution in [1.82, 2.24) is 15.6 Å². The summed E-state index contributed by atoms with van der Waals surface area (Å²) in [4.78, 5) is 40.7. The van der Waals surface area contributed by atoms with Gasteiger partial charge in [-0.1, -0.05) is 61.9 Å². The molecule has 0 saturated carbocycles. The fraction of sp³-hybridized carbons (Fsp3) is 0.308. The minimum atomic E-state index is -1.19. The first-order chi connectivity index (χ1) is 16.8. The van der Waals surface area contributed by atoms with Crippen LogP contribution in [0.15, 0.2) is 53.9 Å². The maximum Gasteiger partial charge on any atom is 0.408 e. The molecule has 4 rings (SSSR count). The highest BCUT2D eigenvalue weighted by Crippen LogP contribution is 2.44. The summed E-state index contributed by atoms with van der Waals surface area (Å²) >= 11 is 1.15. The van der Waals surface area contributed by atoms with Crippen LogP contribution < -0.4 is 10.6 Å². The monoisotopic (exact) mass is 493 g/mol. The SMILES string of the molecule is CCCC(C)(NC(=O)OCC1c2ccccc2-c2ccccc21)C(=O)NCc1nc(C(=O)O)cs1. The molecule has 0 spiro atoms. The molecule has 1 atom stereocenters. The van der Waals surface area contributed by atoms with Crippen LogP contribution in [0.1, 0.15) is 59.2 Å². The van der Waals surface area contributed by atoms with Gasteiger partial charge >= 0.3 is 12.1 Å². The van der Waals surface area contributed by atoms with E-state index in [1.807, 2.05) is 43.3 Å². The number of benzene rings is 2. The third kappa shape index (κ3) is 5.19. The number of aromatic nitrogens is 1. The van der Waals surface area contributed by atoms with Crippen molar-refractivity contribution < 1.29 is 24.2 Å². The van der Waals surface area contributed by atoms with Crippen LogP contribution in [-0.2, 0) is 16.1 Å². The number of carbonyl (C=O) groups excluding carboxylic acids is 2. The van der Waals surface area contributed by atoms with E-state index in [1.165, 1.54) is 5.38 Å². The molecule has 2 aromatic carbocycles. The molecule has 0 bridgehead atoms. The molecule has 2 amide bonds. The summed E-state index contributed by atoms with van der Waals surface area (Å²) in [6.45, 7) is 3.80. The van der Waals surface area contributed by atoms with Gasteiger partial charge in [-0.05, 0) is 35.6 Å². The Balaban J connectivity index is 1.39. The van der Waals surface area contributed by atoms with Crippen molar-refractivity contribution >= 4 is 29.3 Å². The topological polar surface area (TPSA) is 118 Å². The Labute approximate surface area is 207 Å². The molecule has 9 heteroatoms. The fourth-order valence-corrected chi connectivity index (χ4v) is 5.14. The van der Waals surface area contributed by atoms with Gasteiger partial charge < -0.3 is 20.5 Å². The molecule has 0 radical (unpaired) electrons. The molecule has 182 valence electrons. The van der Waals surface area contributed by atoms with Crippen molar-refractivity contribution in [3.05, 3.63) is 75.7 Å². The Morgan fingerprint density at radius 3 is 2.29 bits per heavy atom. The fourth-order valence-electron chi connectivity index (χ4n) is 4.43. The van der Waals surface area contributed by atoms with E-state index in [9.17, 15) is 14.4 Å². The third-order valence-corrected chi connectivity index (χ3v) is 6.99. The second kappa shape index (κ2) is 10.3. The number of carbonyl (C=O) groups is 3. The van der Waals surface area contributed by atoms with Gasteiger partial charge in [-0.3, -0.25) is 4.79 Å². The summed E-state index contributed by atoms with van der Waals surface area (Å²) < 4.78 is 5.62. The first-order valence-corrected chi connectivity index (χ1v) is 12.3. The molecule has 0 fully saturated rings. The summed E-state index contributed by atoms with van der Waals surface area (Å²) in [6, 6.07) is 16.2. The first-order valence-electron chi connectivity index (χ1n) is 11.4. The molecule has 3 N–H and O–H groups in total. The van der Waals surface area contributed by atoms with Crippen LogP contribution in [0.25, 0.3) is 11.1 Å². The lowest BCUT2D eigenvalue weighted by Crippen LogP contribution is -2.56. The molecule has 1 unspecified atom stereocenters. The number of carboxylic acids is 1. The molecule has 3 aromatic rings. The van der Waals surface area contributed by atoms with E-state index in [-0.39, 0.29) is 30.7 Å². The van der Waals surface area contributed by atoms with Crippen LogP contribution in [-0.4, -0.2) is 40.2 Å². The highest BCUT2D eigenvalue weighted by atomic mass is 32.1. The number of thiazole rings is 1. The standard InChI is InChI=1S/C26H27N3O5S/c1-3-12-26(2,24(32)27-13-22-28-21(15-35-22)23(30)31)29-25(33)34-14-20-18-10-6-4-8-16(18)17-9-5-7-11-19(17)20/h4-11,15,20H,3,12-14H2,1-2H3,(H,27,32)(H,29,33)(H,30,31). The second-order valence-corrected chi connectivity index (χ2v) is 9.59. The van der Waals surface area contributed by atoms with E-state index in [2.05, 4.69) is 27.8 Å². The van der Waals surface area contributed by atoms with Gasteiger partial charge in [0.2, 0.25) is 5.91 Å². The number of carboxylic acid groups (broad SMARTS) is 1. The van der Waals surface area contributed by atoms with Crippen LogP contribution in [0.2, 0.25) is 0 Å². The maximum atomic E-state index is 13.0. The number of hydrogen-bond acceptors (Lipinski definition) is 6. The summed E-state index contributed by atoms with van der Waals surface area (Å²) in [5.74, 6) is -1.58. The molecule has 1 aliphatic carbocycles. The average Bonchev–Trinajstić information content (AvgIpc) is 3.44. The highest BCUT2D eigenvalue weighted by molar-refractivity contribution is 7.09. The maximum absolute atomic E-state index is 13.0. The number of rotatable bonds is 9. The number of aromatic carboxylic acids is 1. The second-order valence-electron chi connectivity index (χ2n) is 8.65. The minimum Gasteiger partial charge on any atom is -0.476 e. The molecular formula is C26H27N3O5S. The summed E-state index contributed by atoms with van der Waals surface area (Å²) in [7, 11) is 0. The Morgan fingerprint density at radius 2 is 1.71 bits per heavy atom. The third-order valence-electron chi connectivity index (χ3n) is 6.14. The van der Waals surface area contributed by atoms with Gasteiger partial charge in [-0.15, -0.1) is 11.3 Å². The normalized spacial score (nSPS) is 13.9. The Kier molecular flexibility index (Phi) is 7.16. The van der Waals surface area contributed by atoms with Gasteiger partial charge in [0.25, 0.3) is 0 Å². The van der Waals surface area contributed by atoms with Gasteiger partial charge in [0.1, 0.15) is 17.2 Å². The van der Waals surface area contributed by atoms with Crippen molar-refractivity contribution in [3.63, 3.8) is 0 Å². The van der Waals surface area contributed by atoms with Crippen LogP contribution in [0.3, 0.4) is 0 Å². The van der Waals surface area contributed by atoms with Gasteiger partial charge in [0.05, 0.1) is 6.54 Å². The number of fused-ring (bicyclic) bond motifs is 3. The molecule has 0 aliphatic heterocycles. The smallest absolute Gasteiger partial charge is 0.408 e. The van der Waals surface area contributed by atoms with Crippen molar-refractivity contribution in [2.45, 2.75) is 44.7 Å². The molecular weight excluding hydrogens is 466 g/mol. The predicted molar refractivity (Wildman–Crippen MR) is 132 cm³/mol. The molecule has 1 heterocycles. The van der Waals surface area contributed by atoms with Crippen LogP contribution in [0.4, 0.5) is 4.79 Å². The van der Waals surface area contributed by atoms with E-state index >= 15 is 0 Å². The van der Waals surface area contributed by atoms with Crippen molar-refractivity contribution in [2.24, 2.45) is 0 Å². The van der Waals surface area contributed by atoms with Crippen molar-refractivity contribution in [1.29, 1.82) is 0 Å². The number of nitrogens with zero attached hydrogens (tertiary/aromatic N) is 1. The van der Waals surface area contributed by atoms with Crippen molar-refractivity contribution in [3.8, 4) is 11.1 Å². The molecule has 35 heavy (non-hydrogen) atoms. The quantitative estimate of drug-likeness (QED) is 0.402. The Morgan fingerprint density at radius 1 is 1.09 bits per heavy atom. The molecule has 8 nitrogen and oxygen atoms in total. The average molecular weight is 494 g/mol.